The third-order valence-electron chi connectivity index (χ3n) is 4.56. The highest BCUT2D eigenvalue weighted by molar-refractivity contribution is 7.99. The highest BCUT2D eigenvalue weighted by atomic mass is 32.2. The quantitative estimate of drug-likeness (QED) is 0.865. The number of pyridine rings is 1. The van der Waals surface area contributed by atoms with E-state index >= 15 is 0 Å². The third-order valence-corrected chi connectivity index (χ3v) is 5.75. The number of hydrogen-bond donors (Lipinski definition) is 0. The van der Waals surface area contributed by atoms with Crippen LogP contribution in [0.1, 0.15) is 49.3 Å². The Bertz CT molecular complexity index is 727. The minimum absolute atomic E-state index is 0.108. The summed E-state index contributed by atoms with van der Waals surface area (Å²) in [6.07, 6.45) is 2.78. The number of nitrogens with zero attached hydrogens (tertiary/aromatic N) is 4. The topological polar surface area (TPSA) is 51.0 Å². The summed E-state index contributed by atoms with van der Waals surface area (Å²) in [5.74, 6) is 2.12. The smallest absolute Gasteiger partial charge is 0.255 e. The number of rotatable bonds is 3. The van der Waals surface area contributed by atoms with E-state index < -0.39 is 0 Å². The molecule has 0 bridgehead atoms. The van der Waals surface area contributed by atoms with E-state index in [9.17, 15) is 4.79 Å². The van der Waals surface area contributed by atoms with Gasteiger partial charge in [0.1, 0.15) is 0 Å². The number of fused-ring (bicyclic) bond motifs is 1. The Morgan fingerprint density at radius 3 is 3.00 bits per heavy atom. The summed E-state index contributed by atoms with van der Waals surface area (Å²) in [5, 5.41) is 5.36. The van der Waals surface area contributed by atoms with Crippen LogP contribution in [-0.2, 0) is 0 Å². The maximum atomic E-state index is 13.1. The summed E-state index contributed by atoms with van der Waals surface area (Å²) in [7, 11) is 0. The van der Waals surface area contributed by atoms with Gasteiger partial charge in [0.25, 0.3) is 5.91 Å². The molecular weight excluding hydrogens is 308 g/mol. The third kappa shape index (κ3) is 2.96. The first-order valence-corrected chi connectivity index (χ1v) is 9.42. The van der Waals surface area contributed by atoms with Crippen molar-refractivity contribution >= 4 is 28.7 Å². The van der Waals surface area contributed by atoms with E-state index in [1.807, 2.05) is 34.3 Å². The van der Waals surface area contributed by atoms with Gasteiger partial charge >= 0.3 is 0 Å². The molecule has 6 heteroatoms. The summed E-state index contributed by atoms with van der Waals surface area (Å²) in [6.45, 7) is 9.14. The summed E-state index contributed by atoms with van der Waals surface area (Å²) in [4.78, 5) is 19.7. The highest BCUT2D eigenvalue weighted by Crippen LogP contribution is 2.25. The van der Waals surface area contributed by atoms with E-state index in [1.54, 1.807) is 6.20 Å². The van der Waals surface area contributed by atoms with Gasteiger partial charge in [-0.2, -0.15) is 16.9 Å². The van der Waals surface area contributed by atoms with E-state index in [-0.39, 0.29) is 18.0 Å². The molecule has 0 N–H and O–H groups in total. The monoisotopic (exact) mass is 332 g/mol. The standard InChI is InChI=1S/C17H24N4OS/c1-5-12(3)21-16-15(9-18-21)14(8-11(2)19-16)17(22)20-6-7-23-10-13(20)4/h8-9,12-13H,5-7,10H2,1-4H3. The molecule has 0 aromatic carbocycles. The second kappa shape index (κ2) is 6.51. The summed E-state index contributed by atoms with van der Waals surface area (Å²) in [6, 6.07) is 2.45. The highest BCUT2D eigenvalue weighted by Gasteiger charge is 2.27. The molecule has 2 atom stereocenters. The molecule has 1 amide bonds. The zero-order valence-electron chi connectivity index (χ0n) is 14.2. The normalized spacial score (nSPS) is 20.0. The molecule has 2 aromatic rings. The predicted molar refractivity (Wildman–Crippen MR) is 95.1 cm³/mol. The lowest BCUT2D eigenvalue weighted by molar-refractivity contribution is 0.0718. The van der Waals surface area contributed by atoms with Gasteiger partial charge in [-0.25, -0.2) is 9.67 Å². The SMILES string of the molecule is CCC(C)n1ncc2c(C(=O)N3CCSCC3C)cc(C)nc21. The van der Waals surface area contributed by atoms with Crippen molar-refractivity contribution in [2.24, 2.45) is 0 Å². The van der Waals surface area contributed by atoms with Crippen molar-refractivity contribution < 1.29 is 4.79 Å². The molecule has 2 aromatic heterocycles. The summed E-state index contributed by atoms with van der Waals surface area (Å²) in [5.41, 5.74) is 2.42. The van der Waals surface area contributed by atoms with Crippen molar-refractivity contribution in [1.29, 1.82) is 0 Å². The van der Waals surface area contributed by atoms with Crippen molar-refractivity contribution in [3.63, 3.8) is 0 Å². The number of thioether (sulfide) groups is 1. The Balaban J connectivity index is 2.07. The number of carbonyl (C=O) groups is 1. The number of aryl methyl sites for hydroxylation is 1. The van der Waals surface area contributed by atoms with Gasteiger partial charge in [-0.15, -0.1) is 0 Å². The van der Waals surface area contributed by atoms with E-state index in [0.29, 0.717) is 0 Å². The number of hydrogen-bond acceptors (Lipinski definition) is 4. The van der Waals surface area contributed by atoms with Gasteiger partial charge in [0, 0.05) is 29.8 Å². The first-order chi connectivity index (χ1) is 11.0. The minimum Gasteiger partial charge on any atom is -0.334 e. The molecule has 5 nitrogen and oxygen atoms in total. The Hall–Kier alpha value is -1.56. The molecule has 1 aliphatic rings. The van der Waals surface area contributed by atoms with Gasteiger partial charge < -0.3 is 4.90 Å². The Morgan fingerprint density at radius 2 is 2.30 bits per heavy atom. The molecule has 2 unspecified atom stereocenters. The minimum atomic E-state index is 0.108. The molecule has 1 fully saturated rings. The Labute approximate surface area is 141 Å². The first kappa shape index (κ1) is 16.3. The van der Waals surface area contributed by atoms with Crippen LogP contribution in [0.2, 0.25) is 0 Å². The predicted octanol–water partition coefficient (Wildman–Crippen LogP) is 3.29. The lowest BCUT2D eigenvalue weighted by atomic mass is 10.1. The van der Waals surface area contributed by atoms with Crippen molar-refractivity contribution in [3.05, 3.63) is 23.5 Å². The average Bonchev–Trinajstić information content (AvgIpc) is 2.96. The molecule has 0 spiro atoms. The van der Waals surface area contributed by atoms with Crippen LogP contribution >= 0.6 is 11.8 Å². The van der Waals surface area contributed by atoms with Crippen LogP contribution in [0.3, 0.4) is 0 Å². The van der Waals surface area contributed by atoms with Gasteiger partial charge in [0.05, 0.1) is 23.2 Å². The van der Waals surface area contributed by atoms with Crippen LogP contribution in [0.25, 0.3) is 11.0 Å². The van der Waals surface area contributed by atoms with Gasteiger partial charge in [0.15, 0.2) is 5.65 Å². The Kier molecular flexibility index (Phi) is 4.62. The van der Waals surface area contributed by atoms with Gasteiger partial charge in [-0.05, 0) is 33.3 Å². The molecule has 0 saturated carbocycles. The number of aromatic nitrogens is 3. The van der Waals surface area contributed by atoms with Gasteiger partial charge in [-0.1, -0.05) is 6.92 Å². The molecule has 3 rings (SSSR count). The second-order valence-corrected chi connectivity index (χ2v) is 7.47. The van der Waals surface area contributed by atoms with E-state index in [2.05, 4.69) is 30.9 Å². The zero-order chi connectivity index (χ0) is 16.6. The number of carbonyl (C=O) groups excluding carboxylic acids is 1. The molecule has 1 saturated heterocycles. The molecule has 0 radical (unpaired) electrons. The van der Waals surface area contributed by atoms with Crippen molar-refractivity contribution in [2.45, 2.75) is 46.2 Å². The van der Waals surface area contributed by atoms with Crippen LogP contribution in [0, 0.1) is 6.92 Å². The fraction of sp³-hybridized carbons (Fsp3) is 0.588. The van der Waals surface area contributed by atoms with Crippen LogP contribution in [0.15, 0.2) is 12.3 Å². The number of amides is 1. The zero-order valence-corrected chi connectivity index (χ0v) is 15.1. The van der Waals surface area contributed by atoms with E-state index in [0.717, 1.165) is 46.8 Å². The molecule has 1 aliphatic heterocycles. The fourth-order valence-electron chi connectivity index (χ4n) is 3.00. The van der Waals surface area contributed by atoms with Crippen molar-refractivity contribution in [3.8, 4) is 0 Å². The van der Waals surface area contributed by atoms with E-state index in [1.165, 1.54) is 0 Å². The van der Waals surface area contributed by atoms with E-state index in [4.69, 9.17) is 0 Å². The largest absolute Gasteiger partial charge is 0.334 e. The maximum Gasteiger partial charge on any atom is 0.255 e. The molecule has 0 aliphatic carbocycles. The van der Waals surface area contributed by atoms with Crippen LogP contribution in [-0.4, -0.2) is 49.7 Å². The summed E-state index contributed by atoms with van der Waals surface area (Å²) < 4.78 is 1.94. The first-order valence-electron chi connectivity index (χ1n) is 8.26. The van der Waals surface area contributed by atoms with Crippen LogP contribution < -0.4 is 0 Å². The maximum absolute atomic E-state index is 13.1. The molecule has 23 heavy (non-hydrogen) atoms. The lowest BCUT2D eigenvalue weighted by Crippen LogP contribution is -2.44. The van der Waals surface area contributed by atoms with Crippen molar-refractivity contribution in [2.75, 3.05) is 18.1 Å². The second-order valence-electron chi connectivity index (χ2n) is 6.32. The van der Waals surface area contributed by atoms with Crippen LogP contribution in [0.5, 0.6) is 0 Å². The molecule has 3 heterocycles. The van der Waals surface area contributed by atoms with Crippen molar-refractivity contribution in [1.82, 2.24) is 19.7 Å². The lowest BCUT2D eigenvalue weighted by Gasteiger charge is -2.33. The van der Waals surface area contributed by atoms with Gasteiger partial charge in [0.2, 0.25) is 0 Å². The molecular formula is C17H24N4OS. The average molecular weight is 332 g/mol. The van der Waals surface area contributed by atoms with Gasteiger partial charge in [-0.3, -0.25) is 4.79 Å². The fourth-order valence-corrected chi connectivity index (χ4v) is 4.01. The summed E-state index contributed by atoms with van der Waals surface area (Å²) >= 11 is 1.91. The van der Waals surface area contributed by atoms with Crippen LogP contribution in [0.4, 0.5) is 0 Å². The Morgan fingerprint density at radius 1 is 1.52 bits per heavy atom. The molecule has 124 valence electrons.